The Morgan fingerprint density at radius 2 is 1.74 bits per heavy atom. The molecule has 4 nitrogen and oxygen atoms in total. The van der Waals surface area contributed by atoms with Crippen molar-refractivity contribution in [3.63, 3.8) is 0 Å². The van der Waals surface area contributed by atoms with Gasteiger partial charge in [-0.2, -0.15) is 0 Å². The van der Waals surface area contributed by atoms with Gasteiger partial charge in [-0.25, -0.2) is 0 Å². The zero-order chi connectivity index (χ0) is 16.1. The molecule has 23 heavy (non-hydrogen) atoms. The van der Waals surface area contributed by atoms with Crippen molar-refractivity contribution in [2.75, 3.05) is 31.6 Å². The molecule has 0 radical (unpaired) electrons. The van der Waals surface area contributed by atoms with Gasteiger partial charge in [-0.05, 0) is 56.5 Å². The summed E-state index contributed by atoms with van der Waals surface area (Å²) in [4.78, 5) is 2.23. The van der Waals surface area contributed by atoms with Gasteiger partial charge in [0.2, 0.25) is 0 Å². The number of ether oxygens (including phenoxy) is 2. The number of anilines is 1. The molecule has 5 heteroatoms. The minimum Gasteiger partial charge on any atom is -0.376 e. The van der Waals surface area contributed by atoms with Crippen LogP contribution in [0.1, 0.15) is 31.2 Å². The van der Waals surface area contributed by atoms with E-state index < -0.39 is 0 Å². The second-order valence-corrected chi connectivity index (χ2v) is 6.81. The van der Waals surface area contributed by atoms with Gasteiger partial charge in [-0.3, -0.25) is 0 Å². The summed E-state index contributed by atoms with van der Waals surface area (Å²) in [6.45, 7) is 5.53. The van der Waals surface area contributed by atoms with Crippen LogP contribution in [0, 0.1) is 6.92 Å². The van der Waals surface area contributed by atoms with Gasteiger partial charge in [-0.1, -0.05) is 18.2 Å². The van der Waals surface area contributed by atoms with E-state index in [2.05, 4.69) is 29.3 Å². The van der Waals surface area contributed by atoms with E-state index in [0.29, 0.717) is 0 Å². The third-order valence-electron chi connectivity index (χ3n) is 4.57. The molecule has 0 spiro atoms. The van der Waals surface area contributed by atoms with Gasteiger partial charge in [0, 0.05) is 32.0 Å². The summed E-state index contributed by atoms with van der Waals surface area (Å²) < 4.78 is 11.6. The highest BCUT2D eigenvalue weighted by Gasteiger charge is 2.25. The summed E-state index contributed by atoms with van der Waals surface area (Å²) in [5, 5.41) is 4.17. The third kappa shape index (κ3) is 4.66. The summed E-state index contributed by atoms with van der Waals surface area (Å²) in [6.07, 6.45) is 5.11. The van der Waals surface area contributed by atoms with Crippen molar-refractivity contribution in [2.45, 2.75) is 44.8 Å². The van der Waals surface area contributed by atoms with Crippen molar-refractivity contribution in [1.29, 1.82) is 0 Å². The Hall–Kier alpha value is -1.17. The van der Waals surface area contributed by atoms with Crippen LogP contribution in [-0.4, -0.2) is 48.5 Å². The smallest absolute Gasteiger partial charge is 0.173 e. The molecule has 0 amide bonds. The van der Waals surface area contributed by atoms with Gasteiger partial charge in [0.15, 0.2) is 5.11 Å². The first-order valence-corrected chi connectivity index (χ1v) is 8.98. The predicted octanol–water partition coefficient (Wildman–Crippen LogP) is 3.35. The van der Waals surface area contributed by atoms with E-state index in [1.807, 2.05) is 12.1 Å². The molecule has 2 unspecified atom stereocenters. The summed E-state index contributed by atoms with van der Waals surface area (Å²) in [5.74, 6) is 0. The molecule has 3 rings (SSSR count). The van der Waals surface area contributed by atoms with E-state index in [4.69, 9.17) is 21.7 Å². The first-order chi connectivity index (χ1) is 11.2. The van der Waals surface area contributed by atoms with Gasteiger partial charge in [-0.15, -0.1) is 0 Å². The monoisotopic (exact) mass is 334 g/mol. The fraction of sp³-hybridized carbons (Fsp3) is 0.611. The first kappa shape index (κ1) is 16.7. The second-order valence-electron chi connectivity index (χ2n) is 6.42. The van der Waals surface area contributed by atoms with Gasteiger partial charge < -0.3 is 19.7 Å². The number of para-hydroxylation sites is 1. The van der Waals surface area contributed by atoms with Crippen LogP contribution in [0.5, 0.6) is 0 Å². The highest BCUT2D eigenvalue weighted by Crippen LogP contribution is 2.19. The Kier molecular flexibility index (Phi) is 5.86. The van der Waals surface area contributed by atoms with E-state index >= 15 is 0 Å². The molecule has 1 aromatic rings. The number of hydrogen-bond donors (Lipinski definition) is 1. The molecule has 0 aromatic heterocycles. The molecule has 0 saturated carbocycles. The minimum absolute atomic E-state index is 0.285. The van der Waals surface area contributed by atoms with Gasteiger partial charge in [0.25, 0.3) is 0 Å². The number of nitrogens with one attached hydrogen (secondary N) is 1. The van der Waals surface area contributed by atoms with Crippen molar-refractivity contribution in [2.24, 2.45) is 0 Å². The van der Waals surface area contributed by atoms with Crippen LogP contribution in [0.3, 0.4) is 0 Å². The van der Waals surface area contributed by atoms with E-state index in [0.717, 1.165) is 62.8 Å². The SMILES string of the molecule is Cc1ccccc1NC(=S)N(CC1CCCO1)CC1CCCO1. The minimum atomic E-state index is 0.285. The van der Waals surface area contributed by atoms with Crippen molar-refractivity contribution < 1.29 is 9.47 Å². The highest BCUT2D eigenvalue weighted by molar-refractivity contribution is 7.80. The second kappa shape index (κ2) is 8.08. The zero-order valence-electron chi connectivity index (χ0n) is 13.8. The van der Waals surface area contributed by atoms with E-state index in [9.17, 15) is 0 Å². The molecule has 2 aliphatic heterocycles. The Morgan fingerprint density at radius 3 is 2.26 bits per heavy atom. The Balaban J connectivity index is 1.65. The fourth-order valence-electron chi connectivity index (χ4n) is 3.22. The zero-order valence-corrected chi connectivity index (χ0v) is 14.6. The van der Waals surface area contributed by atoms with Crippen molar-refractivity contribution in [3.8, 4) is 0 Å². The van der Waals surface area contributed by atoms with E-state index in [-0.39, 0.29) is 12.2 Å². The molecule has 2 heterocycles. The predicted molar refractivity (Wildman–Crippen MR) is 96.9 cm³/mol. The van der Waals surface area contributed by atoms with Crippen molar-refractivity contribution in [1.82, 2.24) is 4.90 Å². The molecule has 2 fully saturated rings. The van der Waals surface area contributed by atoms with E-state index in [1.54, 1.807) is 0 Å². The average molecular weight is 334 g/mol. The third-order valence-corrected chi connectivity index (χ3v) is 4.93. The Morgan fingerprint density at radius 1 is 1.13 bits per heavy atom. The lowest BCUT2D eigenvalue weighted by atomic mass is 10.2. The van der Waals surface area contributed by atoms with Crippen molar-refractivity contribution >= 4 is 23.0 Å². The molecular formula is C18H26N2O2S. The normalized spacial score (nSPS) is 23.9. The highest BCUT2D eigenvalue weighted by atomic mass is 32.1. The fourth-order valence-corrected chi connectivity index (χ4v) is 3.48. The molecule has 1 aromatic carbocycles. The first-order valence-electron chi connectivity index (χ1n) is 8.57. The standard InChI is InChI=1S/C18H26N2O2S/c1-14-6-2-3-9-17(14)19-18(23)20(12-15-7-4-10-21-15)13-16-8-5-11-22-16/h2-3,6,9,15-16H,4-5,7-8,10-13H2,1H3,(H,19,23). The molecule has 2 aliphatic rings. The Labute approximate surface area is 144 Å². The number of thiocarbonyl (C=S) groups is 1. The molecule has 2 atom stereocenters. The maximum Gasteiger partial charge on any atom is 0.173 e. The van der Waals surface area contributed by atoms with Gasteiger partial charge in [0.1, 0.15) is 0 Å². The summed E-state index contributed by atoms with van der Waals surface area (Å²) in [5.41, 5.74) is 2.27. The van der Waals surface area contributed by atoms with Crippen LogP contribution in [0.2, 0.25) is 0 Å². The number of nitrogens with zero attached hydrogens (tertiary/aromatic N) is 1. The van der Waals surface area contributed by atoms with Crippen molar-refractivity contribution in [3.05, 3.63) is 29.8 Å². The number of benzene rings is 1. The van der Waals surface area contributed by atoms with E-state index in [1.165, 1.54) is 5.56 Å². The molecule has 2 saturated heterocycles. The molecule has 1 N–H and O–H groups in total. The van der Waals surface area contributed by atoms with Crippen LogP contribution in [0.4, 0.5) is 5.69 Å². The topological polar surface area (TPSA) is 33.7 Å². The summed E-state index contributed by atoms with van der Waals surface area (Å²) >= 11 is 5.69. The molecule has 0 bridgehead atoms. The maximum atomic E-state index is 5.80. The van der Waals surface area contributed by atoms with Crippen LogP contribution >= 0.6 is 12.2 Å². The van der Waals surface area contributed by atoms with Crippen LogP contribution in [0.15, 0.2) is 24.3 Å². The van der Waals surface area contributed by atoms with Gasteiger partial charge >= 0.3 is 0 Å². The summed E-state index contributed by atoms with van der Waals surface area (Å²) in [7, 11) is 0. The van der Waals surface area contributed by atoms with Crippen LogP contribution in [-0.2, 0) is 9.47 Å². The maximum absolute atomic E-state index is 5.80. The molecular weight excluding hydrogens is 308 g/mol. The number of aryl methyl sites for hydroxylation is 1. The lowest BCUT2D eigenvalue weighted by Gasteiger charge is -2.30. The van der Waals surface area contributed by atoms with Crippen LogP contribution in [0.25, 0.3) is 0 Å². The molecule has 126 valence electrons. The largest absolute Gasteiger partial charge is 0.376 e. The summed E-state index contributed by atoms with van der Waals surface area (Å²) in [6, 6.07) is 8.23. The Bertz CT molecular complexity index is 508. The number of hydrogen-bond acceptors (Lipinski definition) is 3. The number of rotatable bonds is 5. The molecule has 0 aliphatic carbocycles. The lowest BCUT2D eigenvalue weighted by Crippen LogP contribution is -2.44. The average Bonchev–Trinajstić information content (AvgIpc) is 3.22. The quantitative estimate of drug-likeness (QED) is 0.835. The van der Waals surface area contributed by atoms with Gasteiger partial charge in [0.05, 0.1) is 12.2 Å². The van der Waals surface area contributed by atoms with Crippen LogP contribution < -0.4 is 5.32 Å². The lowest BCUT2D eigenvalue weighted by molar-refractivity contribution is 0.0619.